The molecule has 2 heterocycles. The Morgan fingerprint density at radius 3 is 2.76 bits per heavy atom. The van der Waals surface area contributed by atoms with Gasteiger partial charge in [-0.15, -0.1) is 11.3 Å². The fraction of sp³-hybridized carbons (Fsp3) is 0.520. The highest BCUT2D eigenvalue weighted by Crippen LogP contribution is 2.34. The van der Waals surface area contributed by atoms with E-state index >= 15 is 0 Å². The van der Waals surface area contributed by atoms with Crippen LogP contribution < -0.4 is 10.1 Å². The quantitative estimate of drug-likeness (QED) is 0.613. The molecule has 1 aromatic carbocycles. The molecule has 180 valence electrons. The van der Waals surface area contributed by atoms with Crippen molar-refractivity contribution < 1.29 is 18.7 Å². The molecule has 3 rings (SSSR count). The monoisotopic (exact) mass is 475 g/mol. The van der Waals surface area contributed by atoms with Crippen molar-refractivity contribution >= 4 is 23.3 Å². The normalized spacial score (nSPS) is 16.7. The minimum atomic E-state index is -0.399. The van der Waals surface area contributed by atoms with Crippen LogP contribution in [-0.4, -0.2) is 53.0 Å². The van der Waals surface area contributed by atoms with Gasteiger partial charge in [-0.25, -0.2) is 9.18 Å². The summed E-state index contributed by atoms with van der Waals surface area (Å²) in [6, 6.07) is 7.41. The fourth-order valence-electron chi connectivity index (χ4n) is 3.88. The molecule has 2 atom stereocenters. The molecule has 0 saturated carbocycles. The van der Waals surface area contributed by atoms with E-state index in [-0.39, 0.29) is 43.0 Å². The van der Waals surface area contributed by atoms with Crippen LogP contribution in [-0.2, 0) is 11.2 Å². The summed E-state index contributed by atoms with van der Waals surface area (Å²) in [7, 11) is 0. The lowest BCUT2D eigenvalue weighted by Gasteiger charge is -2.38. The zero-order valence-corrected chi connectivity index (χ0v) is 20.9. The van der Waals surface area contributed by atoms with Gasteiger partial charge in [-0.05, 0) is 69.7 Å². The van der Waals surface area contributed by atoms with Crippen LogP contribution >= 0.6 is 11.3 Å². The first-order chi connectivity index (χ1) is 15.6. The summed E-state index contributed by atoms with van der Waals surface area (Å²) in [5, 5.41) is 5.00. The number of benzene rings is 1. The van der Waals surface area contributed by atoms with Gasteiger partial charge in [0.15, 0.2) is 0 Å². The molecule has 0 spiro atoms. The third-order valence-corrected chi connectivity index (χ3v) is 6.79. The van der Waals surface area contributed by atoms with Crippen LogP contribution in [0.1, 0.15) is 57.5 Å². The van der Waals surface area contributed by atoms with Crippen molar-refractivity contribution in [2.24, 2.45) is 0 Å². The minimum absolute atomic E-state index is 0.00709. The van der Waals surface area contributed by atoms with Crippen LogP contribution in [0, 0.1) is 5.82 Å². The molecule has 0 aliphatic carbocycles. The van der Waals surface area contributed by atoms with Crippen molar-refractivity contribution in [3.8, 4) is 5.75 Å². The number of nitrogens with one attached hydrogen (secondary N) is 1. The van der Waals surface area contributed by atoms with Crippen molar-refractivity contribution in [2.45, 2.75) is 65.1 Å². The predicted octanol–water partition coefficient (Wildman–Crippen LogP) is 5.00. The van der Waals surface area contributed by atoms with E-state index in [4.69, 9.17) is 4.74 Å². The van der Waals surface area contributed by atoms with Gasteiger partial charge in [0.05, 0.1) is 6.04 Å². The second-order valence-corrected chi connectivity index (χ2v) is 10.5. The number of rotatable bonds is 7. The lowest BCUT2D eigenvalue weighted by Crippen LogP contribution is -2.55. The number of carbonyl (C=O) groups is 2. The summed E-state index contributed by atoms with van der Waals surface area (Å²) in [4.78, 5) is 31.1. The molecule has 3 amide bonds. The molecule has 0 saturated heterocycles. The maximum atomic E-state index is 13.6. The van der Waals surface area contributed by atoms with Crippen LogP contribution in [0.5, 0.6) is 5.75 Å². The topological polar surface area (TPSA) is 61.9 Å². The van der Waals surface area contributed by atoms with Gasteiger partial charge < -0.3 is 19.9 Å². The van der Waals surface area contributed by atoms with Gasteiger partial charge in [0.1, 0.15) is 24.7 Å². The Hall–Kier alpha value is -2.61. The van der Waals surface area contributed by atoms with E-state index in [1.54, 1.807) is 33.3 Å². The van der Waals surface area contributed by atoms with E-state index in [1.807, 2.05) is 46.1 Å². The van der Waals surface area contributed by atoms with Crippen LogP contribution in [0.15, 0.2) is 35.7 Å². The van der Waals surface area contributed by atoms with E-state index in [0.29, 0.717) is 12.3 Å². The van der Waals surface area contributed by atoms with E-state index in [0.717, 1.165) is 18.4 Å². The molecular formula is C25H34FN3O3S. The molecule has 2 aromatic rings. The molecule has 0 unspecified atom stereocenters. The van der Waals surface area contributed by atoms with Crippen molar-refractivity contribution in [1.82, 2.24) is 15.1 Å². The molecule has 1 N–H and O–H groups in total. The van der Waals surface area contributed by atoms with E-state index < -0.39 is 5.54 Å². The number of urea groups is 1. The minimum Gasteiger partial charge on any atom is -0.491 e. The number of hydrogen-bond acceptors (Lipinski definition) is 4. The molecule has 1 aliphatic rings. The maximum Gasteiger partial charge on any atom is 0.318 e. The number of nitrogens with zero attached hydrogens (tertiary/aromatic N) is 2. The molecule has 1 aliphatic heterocycles. The van der Waals surface area contributed by atoms with Gasteiger partial charge in [0.25, 0.3) is 0 Å². The first-order valence-electron chi connectivity index (χ1n) is 11.4. The molecule has 1 aromatic heterocycles. The maximum absolute atomic E-state index is 13.6. The average Bonchev–Trinajstić information content (AvgIpc) is 3.23. The zero-order valence-electron chi connectivity index (χ0n) is 20.1. The third kappa shape index (κ3) is 6.47. The number of hydrogen-bond donors (Lipinski definition) is 1. The summed E-state index contributed by atoms with van der Waals surface area (Å²) in [6.07, 6.45) is 1.51. The summed E-state index contributed by atoms with van der Waals surface area (Å²) in [6.45, 7) is 10.5. The molecule has 33 heavy (non-hydrogen) atoms. The Balaban J connectivity index is 1.79. The van der Waals surface area contributed by atoms with Crippen molar-refractivity contribution in [3.05, 3.63) is 52.0 Å². The van der Waals surface area contributed by atoms with Crippen molar-refractivity contribution in [2.75, 3.05) is 19.7 Å². The SMILES string of the molecule is CC[C@@H](C)N(CC(=O)N1CCc2sccc2[C@@H]1COc1cccc(F)c1)C(=O)NC(C)(C)C. The molecule has 6 nitrogen and oxygen atoms in total. The summed E-state index contributed by atoms with van der Waals surface area (Å²) in [5.41, 5.74) is 0.661. The average molecular weight is 476 g/mol. The largest absolute Gasteiger partial charge is 0.491 e. The first-order valence-corrected chi connectivity index (χ1v) is 12.3. The number of thiophene rings is 1. The third-order valence-electron chi connectivity index (χ3n) is 5.79. The molecule has 0 radical (unpaired) electrons. The lowest BCUT2D eigenvalue weighted by atomic mass is 10.00. The van der Waals surface area contributed by atoms with E-state index in [2.05, 4.69) is 5.32 Å². The summed E-state index contributed by atoms with van der Waals surface area (Å²) in [5.74, 6) is -0.0612. The highest BCUT2D eigenvalue weighted by atomic mass is 32.1. The zero-order chi connectivity index (χ0) is 24.2. The Kier molecular flexibility index (Phi) is 8.00. The highest BCUT2D eigenvalue weighted by molar-refractivity contribution is 7.10. The molecular weight excluding hydrogens is 441 g/mol. The Bertz CT molecular complexity index is 972. The lowest BCUT2D eigenvalue weighted by molar-refractivity contribution is -0.136. The van der Waals surface area contributed by atoms with Gasteiger partial charge >= 0.3 is 6.03 Å². The molecule has 8 heteroatoms. The van der Waals surface area contributed by atoms with Gasteiger partial charge in [-0.2, -0.15) is 0 Å². The number of halogens is 1. The molecule has 0 bridgehead atoms. The number of ether oxygens (including phenoxy) is 1. The second kappa shape index (κ2) is 10.5. The van der Waals surface area contributed by atoms with Crippen LogP contribution in [0.2, 0.25) is 0 Å². The summed E-state index contributed by atoms with van der Waals surface area (Å²) < 4.78 is 19.5. The first kappa shape index (κ1) is 25.0. The van der Waals surface area contributed by atoms with Crippen LogP contribution in [0.25, 0.3) is 0 Å². The molecule has 0 fully saturated rings. The number of carbonyl (C=O) groups excluding carboxylic acids is 2. The van der Waals surface area contributed by atoms with Crippen molar-refractivity contribution in [1.29, 1.82) is 0 Å². The van der Waals surface area contributed by atoms with Gasteiger partial charge in [-0.3, -0.25) is 4.79 Å². The van der Waals surface area contributed by atoms with Gasteiger partial charge in [0.2, 0.25) is 5.91 Å². The van der Waals surface area contributed by atoms with Crippen LogP contribution in [0.4, 0.5) is 9.18 Å². The highest BCUT2D eigenvalue weighted by Gasteiger charge is 2.34. The Morgan fingerprint density at radius 2 is 2.09 bits per heavy atom. The standard InChI is InChI=1S/C25H34FN3O3S/c1-6-17(2)29(24(31)27-25(3,4)5)15-23(30)28-12-10-22-20(11-13-33-22)21(28)16-32-19-9-7-8-18(26)14-19/h7-9,11,13-14,17,21H,6,10,12,15-16H2,1-5H3,(H,27,31)/t17-,21+/m1/s1. The second-order valence-electron chi connectivity index (χ2n) is 9.49. The van der Waals surface area contributed by atoms with E-state index in [1.165, 1.54) is 17.0 Å². The predicted molar refractivity (Wildman–Crippen MR) is 129 cm³/mol. The number of amides is 3. The number of fused-ring (bicyclic) bond motifs is 1. The smallest absolute Gasteiger partial charge is 0.318 e. The van der Waals surface area contributed by atoms with Gasteiger partial charge in [-0.1, -0.05) is 13.0 Å². The fourth-order valence-corrected chi connectivity index (χ4v) is 4.81. The van der Waals surface area contributed by atoms with Crippen LogP contribution in [0.3, 0.4) is 0 Å². The Morgan fingerprint density at radius 1 is 1.33 bits per heavy atom. The summed E-state index contributed by atoms with van der Waals surface area (Å²) >= 11 is 1.67. The van der Waals surface area contributed by atoms with Gasteiger partial charge in [0, 0.05) is 29.1 Å². The van der Waals surface area contributed by atoms with Crippen molar-refractivity contribution in [3.63, 3.8) is 0 Å². The van der Waals surface area contributed by atoms with E-state index in [9.17, 15) is 14.0 Å². The Labute approximate surface area is 199 Å².